The first-order valence-corrected chi connectivity index (χ1v) is 21.1. The van der Waals surface area contributed by atoms with Crippen molar-refractivity contribution in [3.05, 3.63) is 88.6 Å². The lowest BCUT2D eigenvalue weighted by Crippen LogP contribution is -2.46. The summed E-state index contributed by atoms with van der Waals surface area (Å²) in [6.07, 6.45) is 3.58. The number of anilines is 2. The maximum absolute atomic E-state index is 14.0. The molecule has 318 valence electrons. The highest BCUT2D eigenvalue weighted by atomic mass is 32.1. The van der Waals surface area contributed by atoms with Gasteiger partial charge in [0.05, 0.1) is 28.1 Å². The molecule has 1 unspecified atom stereocenters. The fourth-order valence-corrected chi connectivity index (χ4v) is 8.08. The second kappa shape index (κ2) is 18.2. The Morgan fingerprint density at radius 2 is 1.63 bits per heavy atom. The van der Waals surface area contributed by atoms with Crippen LogP contribution in [0.15, 0.2) is 66.9 Å². The Balaban J connectivity index is 1.15. The van der Waals surface area contributed by atoms with E-state index in [0.29, 0.717) is 44.5 Å². The number of hydrogen-bond donors (Lipinski definition) is 1. The van der Waals surface area contributed by atoms with Crippen molar-refractivity contribution < 1.29 is 38.2 Å². The van der Waals surface area contributed by atoms with Crippen molar-refractivity contribution in [3.63, 3.8) is 0 Å². The molecule has 1 N–H and O–H groups in total. The standard InChI is InChI=1S/C45H54N6O8S/c1-9-30-23-33(25-46-37(30)51(42(55)58-44(3,4)5)43(56)59-45(6,7)8)47-38(52)40(53)50-26-28(2)15-17-35(50)32-16-18-36-34(24-32)48-39(60-36)31-19-21-49(22-20-31)41(54)57-27-29-13-11-10-12-14-29/h10-14,16,18-19,23-25,28,35H,9,15,17,20-22,26-27H2,1-8H3,(H,47,52)/t28-,35?/m0/s1. The summed E-state index contributed by atoms with van der Waals surface area (Å²) in [4.78, 5) is 80.4. The number of aryl methyl sites for hydroxylation is 1. The zero-order valence-electron chi connectivity index (χ0n) is 35.6. The van der Waals surface area contributed by atoms with Gasteiger partial charge in [0.1, 0.15) is 22.8 Å². The summed E-state index contributed by atoms with van der Waals surface area (Å²) in [6.45, 7) is 15.5. The highest BCUT2D eigenvalue weighted by Crippen LogP contribution is 2.37. The molecular weight excluding hydrogens is 785 g/mol. The molecule has 14 nitrogen and oxygen atoms in total. The first-order chi connectivity index (χ1) is 28.4. The average molecular weight is 839 g/mol. The van der Waals surface area contributed by atoms with Crippen molar-refractivity contribution in [3.8, 4) is 0 Å². The number of ether oxygens (including phenoxy) is 3. The van der Waals surface area contributed by atoms with Crippen LogP contribution >= 0.6 is 11.3 Å². The van der Waals surface area contributed by atoms with Gasteiger partial charge in [-0.2, -0.15) is 4.90 Å². The van der Waals surface area contributed by atoms with Gasteiger partial charge in [0.15, 0.2) is 5.82 Å². The Bertz CT molecular complexity index is 2250. The minimum atomic E-state index is -0.959. The molecule has 6 rings (SSSR count). The van der Waals surface area contributed by atoms with E-state index in [2.05, 4.69) is 17.2 Å². The SMILES string of the molecule is CCc1cc(NC(=O)C(=O)N2C[C@@H](C)CCC2c2ccc3sc(C4=CCN(C(=O)OCc5ccccc5)CC4)nc3c2)cnc1N(C(=O)OC(C)(C)C)C(=O)OC(C)(C)C. The van der Waals surface area contributed by atoms with E-state index in [1.165, 1.54) is 6.20 Å². The van der Waals surface area contributed by atoms with Crippen LogP contribution in [-0.2, 0) is 36.8 Å². The number of piperidine rings is 1. The smallest absolute Gasteiger partial charge is 0.425 e. The van der Waals surface area contributed by atoms with Crippen molar-refractivity contribution in [2.75, 3.05) is 29.9 Å². The van der Waals surface area contributed by atoms with Crippen molar-refractivity contribution >= 4 is 68.7 Å². The summed E-state index contributed by atoms with van der Waals surface area (Å²) in [5, 5.41) is 3.59. The zero-order valence-corrected chi connectivity index (χ0v) is 36.4. The molecule has 0 radical (unpaired) electrons. The number of aromatic nitrogens is 2. The van der Waals surface area contributed by atoms with Gasteiger partial charge in [0.25, 0.3) is 0 Å². The predicted molar refractivity (Wildman–Crippen MR) is 230 cm³/mol. The van der Waals surface area contributed by atoms with Gasteiger partial charge in [-0.25, -0.2) is 24.4 Å². The van der Waals surface area contributed by atoms with Gasteiger partial charge >= 0.3 is 30.1 Å². The van der Waals surface area contributed by atoms with Crippen LogP contribution in [0.4, 0.5) is 25.9 Å². The minimum Gasteiger partial charge on any atom is -0.445 e. The molecule has 0 aliphatic carbocycles. The molecule has 1 fully saturated rings. The maximum Gasteiger partial charge on any atom is 0.425 e. The number of carbonyl (C=O) groups excluding carboxylic acids is 5. The normalized spacial score (nSPS) is 17.1. The van der Waals surface area contributed by atoms with Gasteiger partial charge in [0.2, 0.25) is 0 Å². The number of carbonyl (C=O) groups is 5. The van der Waals surface area contributed by atoms with Gasteiger partial charge in [-0.15, -0.1) is 11.3 Å². The fourth-order valence-electron chi connectivity index (χ4n) is 7.06. The highest BCUT2D eigenvalue weighted by Gasteiger charge is 2.37. The van der Waals surface area contributed by atoms with Crippen LogP contribution in [0.1, 0.15) is 102 Å². The van der Waals surface area contributed by atoms with Crippen molar-refractivity contribution in [1.82, 2.24) is 19.8 Å². The summed E-state index contributed by atoms with van der Waals surface area (Å²) in [5.41, 5.74) is 2.56. The number of nitrogens with zero attached hydrogens (tertiary/aromatic N) is 5. The monoisotopic (exact) mass is 838 g/mol. The topological polar surface area (TPSA) is 161 Å². The first-order valence-electron chi connectivity index (χ1n) is 20.3. The lowest BCUT2D eigenvalue weighted by Gasteiger charge is -2.38. The van der Waals surface area contributed by atoms with Crippen LogP contribution in [0.2, 0.25) is 0 Å². The molecule has 4 aromatic rings. The van der Waals surface area contributed by atoms with Crippen molar-refractivity contribution in [2.45, 2.75) is 105 Å². The third-order valence-electron chi connectivity index (χ3n) is 9.96. The van der Waals surface area contributed by atoms with Gasteiger partial charge < -0.3 is 29.3 Å². The van der Waals surface area contributed by atoms with Crippen molar-refractivity contribution in [1.29, 1.82) is 0 Å². The molecule has 2 aliphatic rings. The third kappa shape index (κ3) is 10.9. The van der Waals surface area contributed by atoms with Crippen LogP contribution in [0.25, 0.3) is 15.8 Å². The molecule has 60 heavy (non-hydrogen) atoms. The second-order valence-electron chi connectivity index (χ2n) is 17.2. The van der Waals surface area contributed by atoms with E-state index in [-0.39, 0.29) is 36.2 Å². The summed E-state index contributed by atoms with van der Waals surface area (Å²) >= 11 is 1.58. The lowest BCUT2D eigenvalue weighted by atomic mass is 9.89. The molecule has 1 saturated heterocycles. The Morgan fingerprint density at radius 1 is 0.933 bits per heavy atom. The maximum atomic E-state index is 14.0. The summed E-state index contributed by atoms with van der Waals surface area (Å²) in [6, 6.07) is 16.8. The predicted octanol–water partition coefficient (Wildman–Crippen LogP) is 9.29. The number of thiazole rings is 1. The molecule has 0 saturated carbocycles. The van der Waals surface area contributed by atoms with Gasteiger partial charge in [-0.3, -0.25) is 9.59 Å². The fraction of sp³-hybridized carbons (Fsp3) is 0.444. The number of nitrogens with one attached hydrogen (secondary N) is 1. The van der Waals surface area contributed by atoms with Crippen LogP contribution < -0.4 is 10.2 Å². The molecule has 2 aliphatic heterocycles. The molecule has 0 bridgehead atoms. The molecule has 2 aromatic heterocycles. The van der Waals surface area contributed by atoms with E-state index in [9.17, 15) is 24.0 Å². The number of amides is 5. The van der Waals surface area contributed by atoms with Crippen LogP contribution in [0.3, 0.4) is 0 Å². The average Bonchev–Trinajstić information content (AvgIpc) is 3.63. The number of imide groups is 1. The number of fused-ring (bicyclic) bond motifs is 1. The molecule has 0 spiro atoms. The molecule has 2 atom stereocenters. The number of rotatable bonds is 7. The quantitative estimate of drug-likeness (QED) is 0.140. The largest absolute Gasteiger partial charge is 0.445 e. The van der Waals surface area contributed by atoms with Gasteiger partial charge in [0, 0.05) is 19.6 Å². The Labute approximate surface area is 354 Å². The van der Waals surface area contributed by atoms with Crippen molar-refractivity contribution in [2.24, 2.45) is 5.92 Å². The van der Waals surface area contributed by atoms with E-state index in [0.717, 1.165) is 43.2 Å². The lowest BCUT2D eigenvalue weighted by molar-refractivity contribution is -0.146. The number of pyridine rings is 1. The summed E-state index contributed by atoms with van der Waals surface area (Å²) < 4.78 is 17.6. The molecule has 5 amide bonds. The first kappa shape index (κ1) is 43.7. The molecule has 2 aromatic carbocycles. The Kier molecular flexibility index (Phi) is 13.3. The number of hydrogen-bond acceptors (Lipinski definition) is 11. The van der Waals surface area contributed by atoms with E-state index in [1.807, 2.05) is 61.5 Å². The molecular formula is C45H54N6O8S. The van der Waals surface area contributed by atoms with Gasteiger partial charge in [-0.1, -0.05) is 56.3 Å². The number of likely N-dealkylation sites (tertiary alicyclic amines) is 1. The second-order valence-corrected chi connectivity index (χ2v) is 18.2. The zero-order chi connectivity index (χ0) is 43.4. The Morgan fingerprint density at radius 3 is 2.27 bits per heavy atom. The molecule has 4 heterocycles. The van der Waals surface area contributed by atoms with Crippen LogP contribution in [0, 0.1) is 5.92 Å². The van der Waals surface area contributed by atoms with Gasteiger partial charge in [-0.05, 0) is 114 Å². The van der Waals surface area contributed by atoms with Crippen LogP contribution in [-0.4, -0.2) is 80.7 Å². The minimum absolute atomic E-state index is 0.00295. The third-order valence-corrected chi connectivity index (χ3v) is 11.1. The molecule has 15 heteroatoms. The van der Waals surface area contributed by atoms with E-state index in [1.54, 1.807) is 68.7 Å². The van der Waals surface area contributed by atoms with E-state index < -0.39 is 35.2 Å². The van der Waals surface area contributed by atoms with E-state index in [4.69, 9.17) is 19.2 Å². The van der Waals surface area contributed by atoms with Crippen LogP contribution in [0.5, 0.6) is 0 Å². The highest BCUT2D eigenvalue weighted by molar-refractivity contribution is 7.19. The summed E-state index contributed by atoms with van der Waals surface area (Å²) in [5.74, 6) is -1.34. The van der Waals surface area contributed by atoms with E-state index >= 15 is 0 Å². The summed E-state index contributed by atoms with van der Waals surface area (Å²) in [7, 11) is 0. The Hall–Kier alpha value is -5.83. The number of benzene rings is 2.